The van der Waals surface area contributed by atoms with Gasteiger partial charge in [0.1, 0.15) is 0 Å². The highest BCUT2D eigenvalue weighted by Gasteiger charge is 2.32. The van der Waals surface area contributed by atoms with E-state index in [9.17, 15) is 13.2 Å². The van der Waals surface area contributed by atoms with Gasteiger partial charge in [-0.05, 0) is 50.5 Å². The first kappa shape index (κ1) is 18.4. The van der Waals surface area contributed by atoms with Crippen molar-refractivity contribution in [3.05, 3.63) is 28.2 Å². The van der Waals surface area contributed by atoms with Gasteiger partial charge in [0.2, 0.25) is 15.9 Å². The number of nitrogens with zero attached hydrogens (tertiary/aromatic N) is 2. The fourth-order valence-corrected chi connectivity index (χ4v) is 4.56. The molecule has 0 aromatic heterocycles. The van der Waals surface area contributed by atoms with E-state index in [-0.39, 0.29) is 17.6 Å². The summed E-state index contributed by atoms with van der Waals surface area (Å²) in [4.78, 5) is 14.4. The van der Waals surface area contributed by atoms with Gasteiger partial charge >= 0.3 is 0 Å². The number of carbonyl (C=O) groups excluding carboxylic acids is 1. The molecule has 1 aliphatic heterocycles. The number of anilines is 1. The fourth-order valence-electron chi connectivity index (χ4n) is 2.95. The van der Waals surface area contributed by atoms with Crippen molar-refractivity contribution in [2.45, 2.75) is 26.7 Å². The Morgan fingerprint density at radius 3 is 2.48 bits per heavy atom. The van der Waals surface area contributed by atoms with E-state index in [0.717, 1.165) is 15.7 Å². The minimum atomic E-state index is -3.15. The number of rotatable bonds is 4. The van der Waals surface area contributed by atoms with E-state index < -0.39 is 10.0 Å². The molecule has 0 saturated carbocycles. The Labute approximate surface area is 146 Å². The van der Waals surface area contributed by atoms with Gasteiger partial charge in [-0.15, -0.1) is 0 Å². The SMILES string of the molecule is CCS(=O)(=O)N1CCC(C(=O)N(C)c2ccc(Br)cc2C)CC1. The maximum Gasteiger partial charge on any atom is 0.229 e. The minimum absolute atomic E-state index is 0.0592. The van der Waals surface area contributed by atoms with Crippen molar-refractivity contribution >= 4 is 37.5 Å². The number of amides is 1. The van der Waals surface area contributed by atoms with Crippen LogP contribution in [0.4, 0.5) is 5.69 Å². The molecule has 5 nitrogen and oxygen atoms in total. The van der Waals surface area contributed by atoms with Crippen molar-refractivity contribution in [2.24, 2.45) is 5.92 Å². The topological polar surface area (TPSA) is 57.7 Å². The number of sulfonamides is 1. The summed E-state index contributed by atoms with van der Waals surface area (Å²) in [6, 6.07) is 5.83. The van der Waals surface area contributed by atoms with E-state index in [1.165, 1.54) is 4.31 Å². The molecule has 0 N–H and O–H groups in total. The Kier molecular flexibility index (Phi) is 5.86. The summed E-state index contributed by atoms with van der Waals surface area (Å²) in [5, 5.41) is 0. The second-order valence-electron chi connectivity index (χ2n) is 5.90. The monoisotopic (exact) mass is 402 g/mol. The standard InChI is InChI=1S/C16H23BrN2O3S/c1-4-23(21,22)19-9-7-13(8-10-19)16(20)18(3)15-6-5-14(17)11-12(15)2/h5-6,11,13H,4,7-10H2,1-3H3. The van der Waals surface area contributed by atoms with Crippen LogP contribution in [0.5, 0.6) is 0 Å². The Balaban J connectivity index is 2.05. The summed E-state index contributed by atoms with van der Waals surface area (Å²) in [5.74, 6) is 0.0548. The van der Waals surface area contributed by atoms with Gasteiger partial charge in [0.15, 0.2) is 0 Å². The molecule has 1 aliphatic rings. The number of halogens is 1. The second kappa shape index (κ2) is 7.32. The lowest BCUT2D eigenvalue weighted by Crippen LogP contribution is -2.44. The van der Waals surface area contributed by atoms with Gasteiger partial charge in [-0.2, -0.15) is 0 Å². The predicted octanol–water partition coefficient (Wildman–Crippen LogP) is 2.78. The van der Waals surface area contributed by atoms with Crippen LogP contribution >= 0.6 is 15.9 Å². The van der Waals surface area contributed by atoms with Crippen LogP contribution in [0.2, 0.25) is 0 Å². The van der Waals surface area contributed by atoms with Crippen LogP contribution in [0, 0.1) is 12.8 Å². The lowest BCUT2D eigenvalue weighted by Gasteiger charge is -2.32. The molecule has 0 unspecified atom stereocenters. The molecule has 7 heteroatoms. The molecule has 0 atom stereocenters. The highest BCUT2D eigenvalue weighted by molar-refractivity contribution is 9.10. The molecule has 1 fully saturated rings. The van der Waals surface area contributed by atoms with Crippen LogP contribution in [-0.4, -0.2) is 44.5 Å². The van der Waals surface area contributed by atoms with E-state index in [4.69, 9.17) is 0 Å². The molecule has 0 aliphatic carbocycles. The molecule has 0 bridgehead atoms. The quantitative estimate of drug-likeness (QED) is 0.777. The number of hydrogen-bond donors (Lipinski definition) is 0. The first-order valence-corrected chi connectivity index (χ1v) is 10.2. The zero-order valence-electron chi connectivity index (χ0n) is 13.8. The van der Waals surface area contributed by atoms with Gasteiger partial charge in [-0.25, -0.2) is 12.7 Å². The average molecular weight is 403 g/mol. The summed E-state index contributed by atoms with van der Waals surface area (Å²) in [6.07, 6.45) is 1.16. The highest BCUT2D eigenvalue weighted by atomic mass is 79.9. The molecule has 1 aromatic rings. The minimum Gasteiger partial charge on any atom is -0.315 e. The van der Waals surface area contributed by atoms with Gasteiger partial charge in [0.05, 0.1) is 5.75 Å². The number of piperidine rings is 1. The van der Waals surface area contributed by atoms with E-state index in [1.54, 1.807) is 18.9 Å². The van der Waals surface area contributed by atoms with E-state index >= 15 is 0 Å². The van der Waals surface area contributed by atoms with Crippen molar-refractivity contribution in [3.8, 4) is 0 Å². The van der Waals surface area contributed by atoms with Gasteiger partial charge in [-0.3, -0.25) is 4.79 Å². The summed E-state index contributed by atoms with van der Waals surface area (Å²) in [7, 11) is -1.37. The van der Waals surface area contributed by atoms with E-state index in [2.05, 4.69) is 15.9 Å². The molecular formula is C16H23BrN2O3S. The summed E-state index contributed by atoms with van der Waals surface area (Å²) < 4.78 is 26.3. The van der Waals surface area contributed by atoms with Crippen LogP contribution in [0.1, 0.15) is 25.3 Å². The zero-order valence-corrected chi connectivity index (χ0v) is 16.2. The summed E-state index contributed by atoms with van der Waals surface area (Å²) in [5.41, 5.74) is 1.92. The Bertz CT molecular complexity index is 683. The first-order valence-electron chi connectivity index (χ1n) is 7.77. The average Bonchev–Trinajstić information content (AvgIpc) is 2.53. The molecule has 2 rings (SSSR count). The zero-order chi connectivity index (χ0) is 17.2. The maximum atomic E-state index is 12.7. The molecule has 128 valence electrons. The largest absolute Gasteiger partial charge is 0.315 e. The molecule has 1 heterocycles. The molecule has 0 spiro atoms. The number of benzene rings is 1. The van der Waals surface area contributed by atoms with Gasteiger partial charge in [0.25, 0.3) is 0 Å². The number of hydrogen-bond acceptors (Lipinski definition) is 3. The molecule has 1 amide bonds. The lowest BCUT2D eigenvalue weighted by atomic mass is 9.96. The molecule has 23 heavy (non-hydrogen) atoms. The molecule has 1 aromatic carbocycles. The smallest absolute Gasteiger partial charge is 0.229 e. The van der Waals surface area contributed by atoms with Crippen molar-refractivity contribution < 1.29 is 13.2 Å². The second-order valence-corrected chi connectivity index (χ2v) is 9.08. The molecule has 0 radical (unpaired) electrons. The third-order valence-corrected chi connectivity index (χ3v) is 6.79. The summed E-state index contributed by atoms with van der Waals surface area (Å²) >= 11 is 3.43. The van der Waals surface area contributed by atoms with Crippen LogP contribution in [0.25, 0.3) is 0 Å². The van der Waals surface area contributed by atoms with Gasteiger partial charge in [-0.1, -0.05) is 15.9 Å². The number of aryl methyl sites for hydroxylation is 1. The van der Waals surface area contributed by atoms with Crippen LogP contribution in [0.3, 0.4) is 0 Å². The third-order valence-electron chi connectivity index (χ3n) is 4.41. The third kappa shape index (κ3) is 4.14. The van der Waals surface area contributed by atoms with Gasteiger partial charge in [0, 0.05) is 36.2 Å². The normalized spacial score (nSPS) is 17.2. The number of carbonyl (C=O) groups is 1. The van der Waals surface area contributed by atoms with Crippen molar-refractivity contribution in [1.29, 1.82) is 0 Å². The van der Waals surface area contributed by atoms with Crippen LogP contribution in [-0.2, 0) is 14.8 Å². The van der Waals surface area contributed by atoms with Crippen molar-refractivity contribution in [1.82, 2.24) is 4.31 Å². The fraction of sp³-hybridized carbons (Fsp3) is 0.562. The Morgan fingerprint density at radius 1 is 1.35 bits per heavy atom. The highest BCUT2D eigenvalue weighted by Crippen LogP contribution is 2.27. The molecule has 1 saturated heterocycles. The molecular weight excluding hydrogens is 380 g/mol. The Morgan fingerprint density at radius 2 is 1.96 bits per heavy atom. The van der Waals surface area contributed by atoms with E-state index in [1.807, 2.05) is 25.1 Å². The predicted molar refractivity (Wildman–Crippen MR) is 96.0 cm³/mol. The first-order chi connectivity index (χ1) is 10.8. The van der Waals surface area contributed by atoms with Gasteiger partial charge < -0.3 is 4.90 Å². The van der Waals surface area contributed by atoms with Crippen LogP contribution < -0.4 is 4.90 Å². The lowest BCUT2D eigenvalue weighted by molar-refractivity contribution is -0.123. The van der Waals surface area contributed by atoms with Crippen molar-refractivity contribution in [2.75, 3.05) is 30.8 Å². The van der Waals surface area contributed by atoms with Crippen molar-refractivity contribution in [3.63, 3.8) is 0 Å². The van der Waals surface area contributed by atoms with Crippen LogP contribution in [0.15, 0.2) is 22.7 Å². The van der Waals surface area contributed by atoms with E-state index in [0.29, 0.717) is 25.9 Å². The summed E-state index contributed by atoms with van der Waals surface area (Å²) in [6.45, 7) is 4.48. The Hall–Kier alpha value is -0.920. The maximum absolute atomic E-state index is 12.7.